The van der Waals surface area contributed by atoms with E-state index in [-0.39, 0.29) is 36.6 Å². The molecule has 0 bridgehead atoms. The maximum absolute atomic E-state index is 14.4. The lowest BCUT2D eigenvalue weighted by atomic mass is 9.88. The highest BCUT2D eigenvalue weighted by atomic mass is 19.4. The van der Waals surface area contributed by atoms with Crippen LogP contribution in [0.25, 0.3) is 5.57 Å². The molecule has 0 radical (unpaired) electrons. The van der Waals surface area contributed by atoms with Crippen molar-refractivity contribution in [1.29, 1.82) is 0 Å². The number of aromatic nitrogens is 3. The molecule has 29 heavy (non-hydrogen) atoms. The van der Waals surface area contributed by atoms with Gasteiger partial charge in [0, 0.05) is 24.5 Å². The van der Waals surface area contributed by atoms with Gasteiger partial charge in [-0.05, 0) is 25.7 Å². The molecule has 3 N–H and O–H groups in total. The van der Waals surface area contributed by atoms with Gasteiger partial charge < -0.3 is 15.7 Å². The van der Waals surface area contributed by atoms with Crippen LogP contribution in [0.4, 0.5) is 38.2 Å². The zero-order chi connectivity index (χ0) is 21.4. The third-order valence-corrected chi connectivity index (χ3v) is 4.92. The number of nitrogens with one attached hydrogen (secondary N) is 2. The van der Waals surface area contributed by atoms with Gasteiger partial charge in [0.15, 0.2) is 5.82 Å². The molecule has 2 aliphatic rings. The SMILES string of the molecule is CC[C@@H](Nc1nc(NC2CC(F)(F)C2)nc(C2=C(F)[C@H](O)CCC2)n1)C(F)(F)F. The number of nitrogens with zero attached hydrogens (tertiary/aromatic N) is 3. The third-order valence-electron chi connectivity index (χ3n) is 4.92. The minimum absolute atomic E-state index is 0.0313. The maximum atomic E-state index is 14.4. The number of rotatable bonds is 6. The molecule has 2 atom stereocenters. The molecule has 1 heterocycles. The van der Waals surface area contributed by atoms with Crippen LogP contribution < -0.4 is 10.6 Å². The molecule has 0 aromatic carbocycles. The molecule has 3 rings (SSSR count). The van der Waals surface area contributed by atoms with Crippen LogP contribution >= 0.6 is 0 Å². The van der Waals surface area contributed by atoms with E-state index in [1.165, 1.54) is 6.92 Å². The number of hydrogen-bond acceptors (Lipinski definition) is 6. The van der Waals surface area contributed by atoms with Crippen molar-refractivity contribution in [3.63, 3.8) is 0 Å². The Labute approximate surface area is 162 Å². The van der Waals surface area contributed by atoms with Gasteiger partial charge in [-0.3, -0.25) is 0 Å². The van der Waals surface area contributed by atoms with Crippen molar-refractivity contribution in [3.05, 3.63) is 11.7 Å². The van der Waals surface area contributed by atoms with E-state index in [4.69, 9.17) is 0 Å². The summed E-state index contributed by atoms with van der Waals surface area (Å²) in [6, 6.07) is -2.61. The van der Waals surface area contributed by atoms with Gasteiger partial charge >= 0.3 is 6.18 Å². The van der Waals surface area contributed by atoms with Gasteiger partial charge in [0.05, 0.1) is 0 Å². The average Bonchev–Trinajstić information content (AvgIpc) is 2.59. The quantitative estimate of drug-likeness (QED) is 0.597. The molecule has 162 valence electrons. The standard InChI is InChI=1S/C17H21F6N5O/c1-2-11(17(21,22)23)25-15-27-13(9-4-3-5-10(29)12(9)18)26-14(28-15)24-8-6-16(19,20)7-8/h8,10-11,29H,2-7H2,1H3,(H2,24,25,26,27,28)/t10-,11-/m1/s1. The molecule has 12 heteroatoms. The molecular weight excluding hydrogens is 404 g/mol. The first kappa shape index (κ1) is 21.6. The van der Waals surface area contributed by atoms with Crippen LogP contribution in [0.5, 0.6) is 0 Å². The minimum atomic E-state index is -4.57. The van der Waals surface area contributed by atoms with E-state index in [9.17, 15) is 31.4 Å². The lowest BCUT2D eigenvalue weighted by molar-refractivity contribution is -0.143. The molecule has 1 aromatic heterocycles. The summed E-state index contributed by atoms with van der Waals surface area (Å²) in [5.41, 5.74) is -0.0313. The Bertz CT molecular complexity index is 776. The average molecular weight is 425 g/mol. The molecule has 0 amide bonds. The van der Waals surface area contributed by atoms with Gasteiger partial charge in [-0.25, -0.2) is 13.2 Å². The van der Waals surface area contributed by atoms with E-state index in [1.807, 2.05) is 0 Å². The Morgan fingerprint density at radius 3 is 2.41 bits per heavy atom. The molecule has 2 aliphatic carbocycles. The molecule has 0 spiro atoms. The summed E-state index contributed by atoms with van der Waals surface area (Å²) in [5, 5.41) is 14.5. The van der Waals surface area contributed by atoms with E-state index in [0.717, 1.165) is 0 Å². The third kappa shape index (κ3) is 5.09. The fourth-order valence-electron chi connectivity index (χ4n) is 3.30. The van der Waals surface area contributed by atoms with Crippen molar-refractivity contribution in [2.24, 2.45) is 0 Å². The van der Waals surface area contributed by atoms with Gasteiger partial charge in [-0.15, -0.1) is 0 Å². The van der Waals surface area contributed by atoms with Crippen LogP contribution in [0.1, 0.15) is 51.3 Å². The smallest absolute Gasteiger partial charge is 0.386 e. The van der Waals surface area contributed by atoms with Crippen LogP contribution in [-0.4, -0.2) is 50.3 Å². The number of allylic oxidation sites excluding steroid dienone is 1. The number of hydrogen-bond donors (Lipinski definition) is 3. The first-order valence-electron chi connectivity index (χ1n) is 9.29. The summed E-state index contributed by atoms with van der Waals surface area (Å²) in [5.74, 6) is -4.58. The van der Waals surface area contributed by atoms with Crippen LogP contribution in [-0.2, 0) is 0 Å². The van der Waals surface area contributed by atoms with E-state index in [0.29, 0.717) is 6.42 Å². The Kier molecular flexibility index (Phi) is 5.93. The summed E-state index contributed by atoms with van der Waals surface area (Å²) in [4.78, 5) is 11.7. The van der Waals surface area contributed by atoms with Crippen molar-refractivity contribution in [3.8, 4) is 0 Å². The molecule has 0 unspecified atom stereocenters. The predicted octanol–water partition coefficient (Wildman–Crippen LogP) is 4.06. The number of anilines is 2. The highest BCUT2D eigenvalue weighted by Gasteiger charge is 2.46. The zero-order valence-electron chi connectivity index (χ0n) is 15.5. The second-order valence-electron chi connectivity index (χ2n) is 7.29. The first-order valence-corrected chi connectivity index (χ1v) is 9.29. The van der Waals surface area contributed by atoms with E-state index < -0.39 is 54.9 Å². The summed E-state index contributed by atoms with van der Waals surface area (Å²) in [7, 11) is 0. The fourth-order valence-corrected chi connectivity index (χ4v) is 3.30. The normalized spacial score (nSPS) is 23.5. The topological polar surface area (TPSA) is 83.0 Å². The molecule has 1 saturated carbocycles. The summed E-state index contributed by atoms with van der Waals surface area (Å²) < 4.78 is 79.8. The summed E-state index contributed by atoms with van der Waals surface area (Å²) in [6.07, 6.45) is -6.32. The van der Waals surface area contributed by atoms with Crippen LogP contribution in [0, 0.1) is 0 Å². The van der Waals surface area contributed by atoms with E-state index in [1.54, 1.807) is 0 Å². The van der Waals surface area contributed by atoms with E-state index in [2.05, 4.69) is 25.6 Å². The number of aliphatic hydroxyl groups is 1. The molecule has 6 nitrogen and oxygen atoms in total. The highest BCUT2D eigenvalue weighted by Crippen LogP contribution is 2.39. The van der Waals surface area contributed by atoms with Crippen molar-refractivity contribution in [2.75, 3.05) is 10.6 Å². The van der Waals surface area contributed by atoms with Gasteiger partial charge in [-0.2, -0.15) is 28.1 Å². The Balaban J connectivity index is 1.92. The summed E-state index contributed by atoms with van der Waals surface area (Å²) >= 11 is 0. The largest absolute Gasteiger partial charge is 0.408 e. The highest BCUT2D eigenvalue weighted by molar-refractivity contribution is 5.65. The predicted molar refractivity (Wildman–Crippen MR) is 93.1 cm³/mol. The van der Waals surface area contributed by atoms with Gasteiger partial charge in [0.2, 0.25) is 11.9 Å². The Morgan fingerprint density at radius 2 is 1.83 bits per heavy atom. The van der Waals surface area contributed by atoms with Gasteiger partial charge in [0.25, 0.3) is 5.92 Å². The molecular formula is C17H21F6N5O. The molecule has 0 saturated heterocycles. The number of aliphatic hydroxyl groups excluding tert-OH is 1. The fraction of sp³-hybridized carbons (Fsp3) is 0.706. The first-order chi connectivity index (χ1) is 13.5. The number of halogens is 6. The maximum Gasteiger partial charge on any atom is 0.408 e. The Hall–Kier alpha value is -2.11. The Morgan fingerprint density at radius 1 is 1.17 bits per heavy atom. The zero-order valence-corrected chi connectivity index (χ0v) is 15.5. The monoisotopic (exact) mass is 425 g/mol. The van der Waals surface area contributed by atoms with Gasteiger partial charge in [0.1, 0.15) is 18.0 Å². The van der Waals surface area contributed by atoms with Crippen LogP contribution in [0.2, 0.25) is 0 Å². The lowest BCUT2D eigenvalue weighted by Crippen LogP contribution is -2.44. The van der Waals surface area contributed by atoms with Gasteiger partial charge in [-0.1, -0.05) is 6.92 Å². The lowest BCUT2D eigenvalue weighted by Gasteiger charge is -2.35. The van der Waals surface area contributed by atoms with Crippen molar-refractivity contribution in [1.82, 2.24) is 15.0 Å². The number of alkyl halides is 5. The van der Waals surface area contributed by atoms with Crippen molar-refractivity contribution >= 4 is 17.5 Å². The van der Waals surface area contributed by atoms with Crippen LogP contribution in [0.15, 0.2) is 5.83 Å². The second kappa shape index (κ2) is 7.96. The molecule has 0 aliphatic heterocycles. The van der Waals surface area contributed by atoms with Crippen LogP contribution in [0.3, 0.4) is 0 Å². The second-order valence-corrected chi connectivity index (χ2v) is 7.29. The van der Waals surface area contributed by atoms with Crippen molar-refractivity contribution < 1.29 is 31.4 Å². The minimum Gasteiger partial charge on any atom is -0.386 e. The summed E-state index contributed by atoms with van der Waals surface area (Å²) in [6.45, 7) is 1.32. The molecule has 1 fully saturated rings. The van der Waals surface area contributed by atoms with E-state index >= 15 is 0 Å². The molecule has 1 aromatic rings. The van der Waals surface area contributed by atoms with Crippen molar-refractivity contribution in [2.45, 2.75) is 75.7 Å².